The van der Waals surface area contributed by atoms with Crippen LogP contribution in [0.1, 0.15) is 44.7 Å². The van der Waals surface area contributed by atoms with E-state index >= 15 is 0 Å². The van der Waals surface area contributed by atoms with Crippen LogP contribution in [-0.2, 0) is 4.79 Å². The summed E-state index contributed by atoms with van der Waals surface area (Å²) in [7, 11) is 0. The van der Waals surface area contributed by atoms with E-state index in [1.54, 1.807) is 0 Å². The van der Waals surface area contributed by atoms with Gasteiger partial charge in [0.1, 0.15) is 0 Å². The predicted octanol–water partition coefficient (Wildman–Crippen LogP) is 3.96. The number of nitrogens with one attached hydrogen (secondary N) is 2. The summed E-state index contributed by atoms with van der Waals surface area (Å²) in [6, 6.07) is 12.7. The monoisotopic (exact) mass is 294 g/mol. The minimum absolute atomic E-state index is 0.00471. The fourth-order valence-electron chi connectivity index (χ4n) is 2.90. The van der Waals surface area contributed by atoms with Crippen LogP contribution in [0.4, 0.5) is 0 Å². The van der Waals surface area contributed by atoms with Crippen LogP contribution in [0.15, 0.2) is 42.1 Å². The molecular weight excluding hydrogens is 272 g/mol. The number of fused-ring (bicyclic) bond motifs is 1. The zero-order valence-electron chi connectivity index (χ0n) is 13.5. The van der Waals surface area contributed by atoms with Gasteiger partial charge in [0.2, 0.25) is 5.91 Å². The standard InChI is InChI=1S/C19H22N2O/c1-12(2)14-10-9-13-7-5-6-8-15(13)16(14)11-17-19(3,4)18(22)21-20-17/h5-12,20H,1-4H3,(H,21,22)/b17-11-. The Balaban J connectivity index is 2.25. The van der Waals surface area contributed by atoms with Gasteiger partial charge < -0.3 is 5.43 Å². The maximum atomic E-state index is 12.0. The first-order valence-electron chi connectivity index (χ1n) is 7.71. The molecule has 1 amide bonds. The molecule has 3 heteroatoms. The number of hydrazine groups is 1. The molecule has 0 aromatic heterocycles. The Morgan fingerprint density at radius 3 is 2.41 bits per heavy atom. The number of amides is 1. The van der Waals surface area contributed by atoms with Gasteiger partial charge in [0, 0.05) is 5.70 Å². The summed E-state index contributed by atoms with van der Waals surface area (Å²) in [5.41, 5.74) is 8.62. The van der Waals surface area contributed by atoms with Crippen LogP contribution >= 0.6 is 0 Å². The van der Waals surface area contributed by atoms with Crippen molar-refractivity contribution in [2.45, 2.75) is 33.6 Å². The zero-order valence-corrected chi connectivity index (χ0v) is 13.5. The quantitative estimate of drug-likeness (QED) is 0.880. The maximum absolute atomic E-state index is 12.0. The predicted molar refractivity (Wildman–Crippen MR) is 91.1 cm³/mol. The maximum Gasteiger partial charge on any atom is 0.249 e. The molecular formula is C19H22N2O. The Labute approximate surface area is 131 Å². The summed E-state index contributed by atoms with van der Waals surface area (Å²) in [6.07, 6.45) is 2.12. The number of carbonyl (C=O) groups is 1. The highest BCUT2D eigenvalue weighted by atomic mass is 16.2. The van der Waals surface area contributed by atoms with Crippen molar-refractivity contribution in [3.63, 3.8) is 0 Å². The Hall–Kier alpha value is -2.29. The highest BCUT2D eigenvalue weighted by molar-refractivity contribution is 5.95. The number of carbonyl (C=O) groups excluding carboxylic acids is 1. The van der Waals surface area contributed by atoms with Crippen molar-refractivity contribution in [3.8, 4) is 0 Å². The molecule has 0 atom stereocenters. The molecule has 1 saturated heterocycles. The minimum atomic E-state index is -0.537. The first kappa shape index (κ1) is 14.6. The van der Waals surface area contributed by atoms with E-state index in [9.17, 15) is 4.79 Å². The van der Waals surface area contributed by atoms with Crippen molar-refractivity contribution >= 4 is 22.8 Å². The number of hydrogen-bond acceptors (Lipinski definition) is 2. The van der Waals surface area contributed by atoms with Gasteiger partial charge in [-0.3, -0.25) is 10.2 Å². The van der Waals surface area contributed by atoms with E-state index in [4.69, 9.17) is 0 Å². The first-order valence-corrected chi connectivity index (χ1v) is 7.71. The molecule has 114 valence electrons. The smallest absolute Gasteiger partial charge is 0.249 e. The van der Waals surface area contributed by atoms with Gasteiger partial charge in [-0.05, 0) is 47.7 Å². The van der Waals surface area contributed by atoms with Gasteiger partial charge in [0.15, 0.2) is 0 Å². The van der Waals surface area contributed by atoms with E-state index in [1.165, 1.54) is 21.9 Å². The van der Waals surface area contributed by atoms with E-state index in [0.29, 0.717) is 5.92 Å². The van der Waals surface area contributed by atoms with Gasteiger partial charge in [0.25, 0.3) is 0 Å². The van der Waals surface area contributed by atoms with Crippen LogP contribution in [0.3, 0.4) is 0 Å². The summed E-state index contributed by atoms with van der Waals surface area (Å²) in [6.45, 7) is 8.27. The highest BCUT2D eigenvalue weighted by Crippen LogP contribution is 2.34. The van der Waals surface area contributed by atoms with E-state index < -0.39 is 5.41 Å². The third-order valence-corrected chi connectivity index (χ3v) is 4.47. The highest BCUT2D eigenvalue weighted by Gasteiger charge is 2.38. The lowest BCUT2D eigenvalue weighted by Crippen LogP contribution is -2.28. The van der Waals surface area contributed by atoms with E-state index in [-0.39, 0.29) is 5.91 Å². The van der Waals surface area contributed by atoms with Crippen LogP contribution in [-0.4, -0.2) is 5.91 Å². The lowest BCUT2D eigenvalue weighted by Gasteiger charge is -2.18. The molecule has 0 spiro atoms. The van der Waals surface area contributed by atoms with Crippen LogP contribution < -0.4 is 10.9 Å². The lowest BCUT2D eigenvalue weighted by atomic mass is 9.86. The molecule has 1 fully saturated rings. The molecule has 1 aliphatic rings. The molecule has 2 aromatic carbocycles. The largest absolute Gasteiger partial charge is 0.302 e. The van der Waals surface area contributed by atoms with Crippen molar-refractivity contribution in [3.05, 3.63) is 53.2 Å². The van der Waals surface area contributed by atoms with Gasteiger partial charge in [-0.15, -0.1) is 0 Å². The second kappa shape index (κ2) is 5.16. The van der Waals surface area contributed by atoms with Crippen molar-refractivity contribution < 1.29 is 4.79 Å². The fraction of sp³-hybridized carbons (Fsp3) is 0.316. The van der Waals surface area contributed by atoms with Crippen molar-refractivity contribution in [2.75, 3.05) is 0 Å². The molecule has 0 unspecified atom stereocenters. The van der Waals surface area contributed by atoms with E-state index in [0.717, 1.165) is 5.70 Å². The summed E-state index contributed by atoms with van der Waals surface area (Å²) in [5.74, 6) is 0.426. The van der Waals surface area contributed by atoms with Gasteiger partial charge in [-0.25, -0.2) is 0 Å². The zero-order chi connectivity index (χ0) is 15.9. The average molecular weight is 294 g/mol. The fourth-order valence-corrected chi connectivity index (χ4v) is 2.90. The molecule has 0 saturated carbocycles. The van der Waals surface area contributed by atoms with Gasteiger partial charge in [0.05, 0.1) is 5.41 Å². The van der Waals surface area contributed by atoms with Crippen LogP contribution in [0, 0.1) is 5.41 Å². The Morgan fingerprint density at radius 2 is 1.77 bits per heavy atom. The van der Waals surface area contributed by atoms with Crippen LogP contribution in [0.5, 0.6) is 0 Å². The molecule has 0 radical (unpaired) electrons. The molecule has 3 rings (SSSR count). The number of hydrogen-bond donors (Lipinski definition) is 2. The first-order chi connectivity index (χ1) is 10.4. The van der Waals surface area contributed by atoms with Crippen molar-refractivity contribution in [1.82, 2.24) is 10.9 Å². The third-order valence-electron chi connectivity index (χ3n) is 4.47. The number of benzene rings is 2. The Bertz CT molecular complexity index is 772. The van der Waals surface area contributed by atoms with Crippen LogP contribution in [0.2, 0.25) is 0 Å². The molecule has 1 heterocycles. The average Bonchev–Trinajstić information content (AvgIpc) is 2.74. The van der Waals surface area contributed by atoms with Gasteiger partial charge in [-0.1, -0.05) is 50.2 Å². The molecule has 2 N–H and O–H groups in total. The van der Waals surface area contributed by atoms with E-state index in [2.05, 4.69) is 67.2 Å². The second-order valence-corrected chi connectivity index (χ2v) is 6.71. The molecule has 0 aliphatic carbocycles. The number of rotatable bonds is 2. The van der Waals surface area contributed by atoms with Crippen molar-refractivity contribution in [1.29, 1.82) is 0 Å². The van der Waals surface area contributed by atoms with Crippen molar-refractivity contribution in [2.24, 2.45) is 5.41 Å². The topological polar surface area (TPSA) is 41.1 Å². The summed E-state index contributed by atoms with van der Waals surface area (Å²) >= 11 is 0. The van der Waals surface area contributed by atoms with Gasteiger partial charge >= 0.3 is 0 Å². The SMILES string of the molecule is CC(C)c1ccc2ccccc2c1/C=C1\NNC(=O)C1(C)C. The molecule has 22 heavy (non-hydrogen) atoms. The Kier molecular flexibility index (Phi) is 3.44. The van der Waals surface area contributed by atoms with Crippen LogP contribution in [0.25, 0.3) is 16.8 Å². The third kappa shape index (κ3) is 2.27. The molecule has 0 bridgehead atoms. The summed E-state index contributed by atoms with van der Waals surface area (Å²) in [4.78, 5) is 12.0. The molecule has 2 aromatic rings. The van der Waals surface area contributed by atoms with Gasteiger partial charge in [-0.2, -0.15) is 0 Å². The normalized spacial score (nSPS) is 18.8. The molecule has 1 aliphatic heterocycles. The Morgan fingerprint density at radius 1 is 1.05 bits per heavy atom. The lowest BCUT2D eigenvalue weighted by molar-refractivity contribution is -0.125. The summed E-state index contributed by atoms with van der Waals surface area (Å²) in [5, 5.41) is 2.44. The molecule has 3 nitrogen and oxygen atoms in total. The van der Waals surface area contributed by atoms with E-state index in [1.807, 2.05) is 13.8 Å². The summed E-state index contributed by atoms with van der Waals surface area (Å²) < 4.78 is 0. The second-order valence-electron chi connectivity index (χ2n) is 6.71. The minimum Gasteiger partial charge on any atom is -0.302 e.